The van der Waals surface area contributed by atoms with E-state index in [2.05, 4.69) is 75.9 Å². The average molecular weight is 1020 g/mol. The molecular formula is C53H92N3O10P3. The summed E-state index contributed by atoms with van der Waals surface area (Å²) in [5, 5.41) is 18.4. The van der Waals surface area contributed by atoms with Gasteiger partial charge in [0, 0.05) is 96.0 Å². The van der Waals surface area contributed by atoms with Crippen LogP contribution in [-0.2, 0) is 42.3 Å². The number of esters is 1. The molecular weight excluding hydrogens is 932 g/mol. The zero-order valence-electron chi connectivity index (χ0n) is 42.6. The van der Waals surface area contributed by atoms with E-state index < -0.39 is 0 Å². The highest BCUT2D eigenvalue weighted by atomic mass is 31.0. The fourth-order valence-electron chi connectivity index (χ4n) is 12.8. The van der Waals surface area contributed by atoms with Gasteiger partial charge in [-0.1, -0.05) is 96.8 Å². The van der Waals surface area contributed by atoms with E-state index in [4.69, 9.17) is 18.7 Å². The summed E-state index contributed by atoms with van der Waals surface area (Å²) >= 11 is 0. The molecule has 394 valence electrons. The van der Waals surface area contributed by atoms with Crippen LogP contribution in [0.4, 0.5) is 0 Å². The number of methoxy groups -OCH3 is 1. The predicted octanol–water partition coefficient (Wildman–Crippen LogP) is 9.04. The van der Waals surface area contributed by atoms with E-state index in [-0.39, 0.29) is 78.2 Å². The average Bonchev–Trinajstić information content (AvgIpc) is 3.99. The minimum Gasteiger partial charge on any atom is -0.466 e. The van der Waals surface area contributed by atoms with Gasteiger partial charge in [-0.15, -0.1) is 0 Å². The van der Waals surface area contributed by atoms with Crippen molar-refractivity contribution < 1.29 is 47.4 Å². The maximum Gasteiger partial charge on any atom is 0.330 e. The highest BCUT2D eigenvalue weighted by Crippen LogP contribution is 2.44. The normalized spacial score (nSPS) is 32.2. The molecule has 6 fully saturated rings. The van der Waals surface area contributed by atoms with Gasteiger partial charge in [0.2, 0.25) is 17.7 Å². The highest BCUT2D eigenvalue weighted by Gasteiger charge is 2.43. The van der Waals surface area contributed by atoms with E-state index in [0.717, 1.165) is 89.8 Å². The number of hydrogen-bond donors (Lipinski definition) is 4. The van der Waals surface area contributed by atoms with Crippen molar-refractivity contribution in [1.82, 2.24) is 16.0 Å². The van der Waals surface area contributed by atoms with Gasteiger partial charge in [-0.05, 0) is 106 Å². The quantitative estimate of drug-likeness (QED) is 0.0303. The van der Waals surface area contributed by atoms with E-state index in [1.54, 1.807) is 6.08 Å². The first-order valence-electron chi connectivity index (χ1n) is 26.7. The SMILES string of the molecule is COC(=O)/C=C\C[C@H]1[C@@H](C)CC(OP)[C@@H]1CNC(=O)C1CCCCC1.C[C@H]1CC(OP)[C@H](CNC(=O)C2CCCCC2)[C@H]1C/C=C\CO.C[C@H]1CC(OP)[C@H](CNC(=O)C2CCCCC2)[C@H]1CC=O. The molecule has 6 aliphatic rings. The van der Waals surface area contributed by atoms with Gasteiger partial charge in [0.1, 0.15) is 6.29 Å². The molecule has 6 saturated carbocycles. The molecule has 6 rings (SSSR count). The Morgan fingerprint density at radius 3 is 1.14 bits per heavy atom. The van der Waals surface area contributed by atoms with Gasteiger partial charge in [-0.3, -0.25) is 14.4 Å². The molecule has 16 heteroatoms. The third-order valence-corrected chi connectivity index (χ3v) is 18.0. The fourth-order valence-corrected chi connectivity index (χ4v) is 13.7. The summed E-state index contributed by atoms with van der Waals surface area (Å²) < 4.78 is 21.3. The van der Waals surface area contributed by atoms with Crippen molar-refractivity contribution in [1.29, 1.82) is 0 Å². The number of allylic oxidation sites excluding steroid dienone is 2. The zero-order chi connectivity index (χ0) is 50.1. The van der Waals surface area contributed by atoms with E-state index in [9.17, 15) is 24.0 Å². The van der Waals surface area contributed by atoms with Crippen molar-refractivity contribution >= 4 is 58.4 Å². The third kappa shape index (κ3) is 19.2. The minimum atomic E-state index is -0.327. The number of rotatable bonds is 20. The number of carbonyl (C=O) groups is 5. The highest BCUT2D eigenvalue weighted by molar-refractivity contribution is 7.10. The number of aliphatic hydroxyl groups excluding tert-OH is 1. The number of amides is 3. The molecule has 0 aromatic heterocycles. The Balaban J connectivity index is 0.000000226. The zero-order valence-corrected chi connectivity index (χ0v) is 46.0. The second kappa shape index (κ2) is 33.1. The van der Waals surface area contributed by atoms with Gasteiger partial charge in [0.15, 0.2) is 0 Å². The molecule has 6 unspecified atom stereocenters. The van der Waals surface area contributed by atoms with Gasteiger partial charge in [-0.25, -0.2) is 4.79 Å². The number of hydrogen-bond acceptors (Lipinski definition) is 10. The van der Waals surface area contributed by atoms with Gasteiger partial charge in [0.05, 0.1) is 32.0 Å². The number of aliphatic hydroxyl groups is 1. The monoisotopic (exact) mass is 1020 g/mol. The molecule has 0 aromatic rings. The maximum absolute atomic E-state index is 12.4. The van der Waals surface area contributed by atoms with Crippen LogP contribution in [0, 0.1) is 71.0 Å². The molecule has 69 heavy (non-hydrogen) atoms. The lowest BCUT2D eigenvalue weighted by Gasteiger charge is -2.27. The van der Waals surface area contributed by atoms with E-state index >= 15 is 0 Å². The Morgan fingerprint density at radius 1 is 0.507 bits per heavy atom. The molecule has 3 amide bonds. The first-order chi connectivity index (χ1) is 33.4. The Morgan fingerprint density at radius 2 is 0.841 bits per heavy atom. The molecule has 0 heterocycles. The summed E-state index contributed by atoms with van der Waals surface area (Å²) in [7, 11) is 8.49. The number of carbonyl (C=O) groups excluding carboxylic acids is 5. The molecule has 0 spiro atoms. The molecule has 6 aliphatic carbocycles. The molecule has 0 saturated heterocycles. The van der Waals surface area contributed by atoms with E-state index in [0.29, 0.717) is 67.5 Å². The summed E-state index contributed by atoms with van der Waals surface area (Å²) in [6.07, 6.45) is 30.9. The maximum atomic E-state index is 12.4. The van der Waals surface area contributed by atoms with Gasteiger partial charge < -0.3 is 44.2 Å². The van der Waals surface area contributed by atoms with Crippen LogP contribution < -0.4 is 16.0 Å². The van der Waals surface area contributed by atoms with Crippen LogP contribution in [0.2, 0.25) is 0 Å². The molecule has 13 nitrogen and oxygen atoms in total. The lowest BCUT2D eigenvalue weighted by atomic mass is 9.86. The number of aldehydes is 1. The second-order valence-corrected chi connectivity index (χ2v) is 22.2. The van der Waals surface area contributed by atoms with Crippen molar-refractivity contribution in [3.8, 4) is 0 Å². The molecule has 0 aromatic carbocycles. The Hall–Kier alpha value is -1.84. The summed E-state index contributed by atoms with van der Waals surface area (Å²) in [5.41, 5.74) is 0. The van der Waals surface area contributed by atoms with Gasteiger partial charge in [0.25, 0.3) is 0 Å². The van der Waals surface area contributed by atoms with Crippen LogP contribution in [0.1, 0.15) is 156 Å². The number of nitrogens with one attached hydrogen (secondary N) is 3. The lowest BCUT2D eigenvalue weighted by molar-refractivity contribution is -0.135. The van der Waals surface area contributed by atoms with Crippen molar-refractivity contribution in [3.05, 3.63) is 24.3 Å². The van der Waals surface area contributed by atoms with Crippen molar-refractivity contribution in [3.63, 3.8) is 0 Å². The van der Waals surface area contributed by atoms with Crippen molar-refractivity contribution in [2.24, 2.45) is 71.0 Å². The Kier molecular flexibility index (Phi) is 28.6. The van der Waals surface area contributed by atoms with E-state index in [1.807, 2.05) is 6.08 Å². The van der Waals surface area contributed by atoms with Crippen LogP contribution in [-0.4, -0.2) is 86.7 Å². The van der Waals surface area contributed by atoms with Gasteiger partial charge in [-0.2, -0.15) is 0 Å². The van der Waals surface area contributed by atoms with Crippen LogP contribution in [0.15, 0.2) is 24.3 Å². The second-order valence-electron chi connectivity index (χ2n) is 21.3. The Bertz CT molecular complexity index is 1590. The summed E-state index contributed by atoms with van der Waals surface area (Å²) in [6, 6.07) is 0. The Labute approximate surface area is 422 Å². The standard InChI is InChI=1S/C19H32NO4P.C18H32NO3P.C16H28NO3P/c1-13-11-17(24-25)16(15(13)9-6-10-18(21)23-2)12-20-19(22)14-7-4-3-5-8-14;1-13-11-17(22-23)16(15(13)9-5-6-10-20)12-19-18(21)14-7-3-2-4-8-14;1-11-9-15(20-21)14(13(11)7-8-18)10-17-16(19)12-5-3-2-4-6-12/h6,10,13-17H,3-5,7-9,11-12,25H2,1-2H3,(H,20,22);5-6,13-17,20H,2-4,7-12,23H2,1H3,(H,19,21);8,11-15H,2-7,9-10,21H2,1H3,(H,17,19)/b10-6-;6-5-;/t2*13-,15-,16+,17?;11-,13-,14+,15?/m000/s1. The fraction of sp³-hybridized carbons (Fsp3) is 0.830. The molecule has 4 N–H and O–H groups in total. The van der Waals surface area contributed by atoms with Crippen molar-refractivity contribution in [2.75, 3.05) is 33.4 Å². The molecule has 0 bridgehead atoms. The summed E-state index contributed by atoms with van der Waals surface area (Å²) in [4.78, 5) is 59.3. The topological polar surface area (TPSA) is 179 Å². The van der Waals surface area contributed by atoms with E-state index in [1.165, 1.54) is 58.1 Å². The van der Waals surface area contributed by atoms with Crippen LogP contribution in [0.25, 0.3) is 0 Å². The van der Waals surface area contributed by atoms with Crippen LogP contribution in [0.3, 0.4) is 0 Å². The third-order valence-electron chi connectivity index (χ3n) is 17.0. The van der Waals surface area contributed by atoms with Crippen LogP contribution >= 0.6 is 28.4 Å². The van der Waals surface area contributed by atoms with Gasteiger partial charge >= 0.3 is 5.97 Å². The lowest BCUT2D eigenvalue weighted by Crippen LogP contribution is -2.39. The largest absolute Gasteiger partial charge is 0.466 e. The minimum absolute atomic E-state index is 0.0910. The molecule has 15 atom stereocenters. The van der Waals surface area contributed by atoms with Crippen LogP contribution in [0.5, 0.6) is 0 Å². The molecule has 0 aliphatic heterocycles. The van der Waals surface area contributed by atoms with Crippen molar-refractivity contribution in [2.45, 2.75) is 174 Å². The summed E-state index contributed by atoms with van der Waals surface area (Å²) in [6.45, 7) is 8.73. The smallest absolute Gasteiger partial charge is 0.330 e. The predicted molar refractivity (Wildman–Crippen MR) is 282 cm³/mol. The molecule has 0 radical (unpaired) electrons. The number of ether oxygens (including phenoxy) is 1. The first kappa shape index (κ1) is 59.7. The first-order valence-corrected chi connectivity index (χ1v) is 28.2. The summed E-state index contributed by atoms with van der Waals surface area (Å²) in [5.74, 6) is 4.48.